The van der Waals surface area contributed by atoms with Crippen LogP contribution in [-0.4, -0.2) is 38.6 Å². The van der Waals surface area contributed by atoms with Gasteiger partial charge in [0, 0.05) is 24.1 Å². The molecule has 180 valence electrons. The topological polar surface area (TPSA) is 90.0 Å². The summed E-state index contributed by atoms with van der Waals surface area (Å²) < 4.78 is 37.7. The van der Waals surface area contributed by atoms with Crippen LogP contribution in [0.1, 0.15) is 28.3 Å². The summed E-state index contributed by atoms with van der Waals surface area (Å²) in [6, 6.07) is 21.6. The number of amides is 1. The van der Waals surface area contributed by atoms with Crippen molar-refractivity contribution in [2.45, 2.75) is 17.2 Å². The van der Waals surface area contributed by atoms with E-state index in [1.54, 1.807) is 55.7 Å². The molecule has 0 radical (unpaired) electrons. The second-order valence-electron chi connectivity index (χ2n) is 8.05. The number of benzene rings is 3. The minimum atomic E-state index is -4.18. The Morgan fingerprint density at radius 2 is 1.43 bits per heavy atom. The lowest BCUT2D eigenvalue weighted by molar-refractivity contribution is -0.129. The fraction of sp³-hybridized carbons (Fsp3) is 0.185. The highest BCUT2D eigenvalue weighted by Gasteiger charge is 2.41. The number of sulfonamides is 1. The molecule has 0 aromatic heterocycles. The molecule has 8 heteroatoms. The SMILES string of the molecule is COc1ccc([C@H]2C=CN(S(=O)(=O)c3ccc(OC)cc3)C(=O)[C@H]2CC(=O)c2ccccc2)cc1. The predicted molar refractivity (Wildman–Crippen MR) is 131 cm³/mol. The second kappa shape index (κ2) is 10.1. The maximum atomic E-state index is 13.6. The van der Waals surface area contributed by atoms with Gasteiger partial charge in [-0.25, -0.2) is 12.7 Å². The van der Waals surface area contributed by atoms with E-state index in [2.05, 4.69) is 0 Å². The molecule has 1 aliphatic heterocycles. The van der Waals surface area contributed by atoms with Gasteiger partial charge in [0.25, 0.3) is 10.0 Å². The zero-order chi connectivity index (χ0) is 25.0. The minimum Gasteiger partial charge on any atom is -0.497 e. The molecule has 3 aromatic carbocycles. The molecule has 0 saturated carbocycles. The maximum absolute atomic E-state index is 13.6. The summed E-state index contributed by atoms with van der Waals surface area (Å²) in [5.41, 5.74) is 1.25. The van der Waals surface area contributed by atoms with Gasteiger partial charge < -0.3 is 9.47 Å². The Hall–Kier alpha value is -3.91. The van der Waals surface area contributed by atoms with E-state index in [0.29, 0.717) is 17.1 Å². The van der Waals surface area contributed by atoms with E-state index >= 15 is 0 Å². The monoisotopic (exact) mass is 491 g/mol. The second-order valence-corrected chi connectivity index (χ2v) is 9.87. The van der Waals surface area contributed by atoms with Crippen molar-refractivity contribution in [2.24, 2.45) is 5.92 Å². The molecule has 1 heterocycles. The number of methoxy groups -OCH3 is 2. The molecule has 0 fully saturated rings. The molecule has 3 aromatic rings. The Labute approximate surface area is 204 Å². The fourth-order valence-corrected chi connectivity index (χ4v) is 5.39. The summed E-state index contributed by atoms with van der Waals surface area (Å²) >= 11 is 0. The lowest BCUT2D eigenvalue weighted by Crippen LogP contribution is -2.42. The van der Waals surface area contributed by atoms with Gasteiger partial charge in [0.15, 0.2) is 5.78 Å². The first kappa shape index (κ1) is 24.2. The Kier molecular flexibility index (Phi) is 7.02. The summed E-state index contributed by atoms with van der Waals surface area (Å²) in [6.45, 7) is 0. The molecular weight excluding hydrogens is 466 g/mol. The Morgan fingerprint density at radius 1 is 0.857 bits per heavy atom. The van der Waals surface area contributed by atoms with Gasteiger partial charge in [-0.05, 0) is 42.0 Å². The van der Waals surface area contributed by atoms with Crippen molar-refractivity contribution in [2.75, 3.05) is 14.2 Å². The molecule has 1 amide bonds. The van der Waals surface area contributed by atoms with Crippen molar-refractivity contribution in [3.05, 3.63) is 102 Å². The third-order valence-corrected chi connectivity index (χ3v) is 7.70. The van der Waals surface area contributed by atoms with Gasteiger partial charge >= 0.3 is 0 Å². The third kappa shape index (κ3) is 4.97. The van der Waals surface area contributed by atoms with Gasteiger partial charge in [-0.1, -0.05) is 48.5 Å². The Morgan fingerprint density at radius 3 is 2.00 bits per heavy atom. The maximum Gasteiger partial charge on any atom is 0.270 e. The van der Waals surface area contributed by atoms with Crippen molar-refractivity contribution >= 4 is 21.7 Å². The molecule has 1 aliphatic rings. The first-order chi connectivity index (χ1) is 16.8. The number of carbonyl (C=O) groups is 2. The smallest absolute Gasteiger partial charge is 0.270 e. The van der Waals surface area contributed by atoms with E-state index in [0.717, 1.165) is 9.87 Å². The van der Waals surface area contributed by atoms with Crippen molar-refractivity contribution in [3.63, 3.8) is 0 Å². The van der Waals surface area contributed by atoms with Crippen LogP contribution in [0.25, 0.3) is 0 Å². The molecule has 0 N–H and O–H groups in total. The van der Waals surface area contributed by atoms with Crippen LogP contribution < -0.4 is 9.47 Å². The number of nitrogens with zero attached hydrogens (tertiary/aromatic N) is 1. The molecule has 0 spiro atoms. The van der Waals surface area contributed by atoms with Crippen LogP contribution in [0.3, 0.4) is 0 Å². The third-order valence-electron chi connectivity index (χ3n) is 6.01. The highest BCUT2D eigenvalue weighted by molar-refractivity contribution is 7.89. The molecule has 0 aliphatic carbocycles. The lowest BCUT2D eigenvalue weighted by atomic mass is 9.80. The number of carbonyl (C=O) groups excluding carboxylic acids is 2. The average molecular weight is 492 g/mol. The number of Topliss-reactive ketones (excluding diaryl/α,β-unsaturated/α-hetero) is 1. The molecule has 0 saturated heterocycles. The van der Waals surface area contributed by atoms with Crippen molar-refractivity contribution in [1.82, 2.24) is 4.31 Å². The van der Waals surface area contributed by atoms with Crippen molar-refractivity contribution in [1.29, 1.82) is 0 Å². The molecule has 7 nitrogen and oxygen atoms in total. The molecule has 35 heavy (non-hydrogen) atoms. The van der Waals surface area contributed by atoms with Gasteiger partial charge in [-0.15, -0.1) is 0 Å². The summed E-state index contributed by atoms with van der Waals surface area (Å²) in [5, 5.41) is 0. The molecular formula is C27H25NO6S. The van der Waals surface area contributed by atoms with E-state index in [9.17, 15) is 18.0 Å². The molecule has 4 rings (SSSR count). The summed E-state index contributed by atoms with van der Waals surface area (Å²) in [6.07, 6.45) is 2.80. The Bertz CT molecular complexity index is 1330. The van der Waals surface area contributed by atoms with Gasteiger partial charge in [-0.2, -0.15) is 0 Å². The summed E-state index contributed by atoms with van der Waals surface area (Å²) in [4.78, 5) is 26.6. The van der Waals surface area contributed by atoms with Crippen LogP contribution >= 0.6 is 0 Å². The zero-order valence-electron chi connectivity index (χ0n) is 19.3. The van der Waals surface area contributed by atoms with E-state index < -0.39 is 27.8 Å². The van der Waals surface area contributed by atoms with E-state index in [1.165, 1.54) is 37.6 Å². The van der Waals surface area contributed by atoms with Crippen molar-refractivity contribution < 1.29 is 27.5 Å². The number of ketones is 1. The van der Waals surface area contributed by atoms with Crippen LogP contribution in [0.5, 0.6) is 11.5 Å². The number of hydrogen-bond donors (Lipinski definition) is 0. The largest absolute Gasteiger partial charge is 0.497 e. The van der Waals surface area contributed by atoms with Gasteiger partial charge in [-0.3, -0.25) is 9.59 Å². The molecule has 0 unspecified atom stereocenters. The number of rotatable bonds is 8. The van der Waals surface area contributed by atoms with Gasteiger partial charge in [0.2, 0.25) is 5.91 Å². The fourth-order valence-electron chi connectivity index (χ4n) is 4.08. The van der Waals surface area contributed by atoms with Crippen LogP contribution in [-0.2, 0) is 14.8 Å². The van der Waals surface area contributed by atoms with Crippen molar-refractivity contribution in [3.8, 4) is 11.5 Å². The first-order valence-corrected chi connectivity index (χ1v) is 12.4. The van der Waals surface area contributed by atoms with Crippen LogP contribution in [0.15, 0.2) is 96.0 Å². The van der Waals surface area contributed by atoms with E-state index in [4.69, 9.17) is 9.47 Å². The molecule has 2 atom stereocenters. The first-order valence-electron chi connectivity index (χ1n) is 11.0. The van der Waals surface area contributed by atoms with Crippen LogP contribution in [0.4, 0.5) is 0 Å². The number of hydrogen-bond acceptors (Lipinski definition) is 6. The van der Waals surface area contributed by atoms with Gasteiger partial charge in [0.1, 0.15) is 11.5 Å². The standard InChI is InChI=1S/C27H25NO6S/c1-33-21-10-8-19(9-11-21)24-16-17-28(35(31,32)23-14-12-22(34-2)13-15-23)27(30)25(24)18-26(29)20-6-4-3-5-7-20/h3-17,24-25H,18H2,1-2H3/t24-,25+/m1/s1. The highest BCUT2D eigenvalue weighted by atomic mass is 32.2. The number of ether oxygens (including phenoxy) is 2. The molecule has 0 bridgehead atoms. The average Bonchev–Trinajstić information content (AvgIpc) is 2.90. The number of allylic oxidation sites excluding steroid dienone is 1. The van der Waals surface area contributed by atoms with Crippen LogP contribution in [0.2, 0.25) is 0 Å². The summed E-state index contributed by atoms with van der Waals surface area (Å²) in [7, 11) is -1.14. The highest BCUT2D eigenvalue weighted by Crippen LogP contribution is 2.37. The quantitative estimate of drug-likeness (QED) is 0.433. The predicted octanol–water partition coefficient (Wildman–Crippen LogP) is 4.42. The van der Waals surface area contributed by atoms with E-state index in [-0.39, 0.29) is 17.1 Å². The minimum absolute atomic E-state index is 0.0488. The zero-order valence-corrected chi connectivity index (χ0v) is 20.1. The lowest BCUT2D eigenvalue weighted by Gasteiger charge is -2.32. The Balaban J connectivity index is 1.71. The normalized spacial score (nSPS) is 17.8. The summed E-state index contributed by atoms with van der Waals surface area (Å²) in [5.74, 6) is -1.14. The van der Waals surface area contributed by atoms with Gasteiger partial charge in [0.05, 0.1) is 25.0 Å². The van der Waals surface area contributed by atoms with Crippen LogP contribution in [0, 0.1) is 5.92 Å². The van der Waals surface area contributed by atoms with E-state index in [1.807, 2.05) is 12.1 Å².